The van der Waals surface area contributed by atoms with Gasteiger partial charge in [-0.1, -0.05) is 35.4 Å². The Bertz CT molecular complexity index is 1050. The first-order chi connectivity index (χ1) is 13.6. The van der Waals surface area contributed by atoms with Crippen molar-refractivity contribution in [1.82, 2.24) is 0 Å². The van der Waals surface area contributed by atoms with Crippen molar-refractivity contribution in [3.05, 3.63) is 59.7 Å². The van der Waals surface area contributed by atoms with Gasteiger partial charge in [-0.05, 0) is 38.1 Å². The minimum absolute atomic E-state index is 0.00718. The Morgan fingerprint density at radius 2 is 1.48 bits per heavy atom. The van der Waals surface area contributed by atoms with Crippen molar-refractivity contribution < 1.29 is 25.6 Å². The van der Waals surface area contributed by atoms with Gasteiger partial charge < -0.3 is 4.55 Å². The maximum absolute atomic E-state index is 12.8. The van der Waals surface area contributed by atoms with Gasteiger partial charge in [0.2, 0.25) is 0 Å². The summed E-state index contributed by atoms with van der Waals surface area (Å²) >= 11 is 0. The number of benzene rings is 2. The predicted octanol–water partition coefficient (Wildman–Crippen LogP) is 2.88. The van der Waals surface area contributed by atoms with Gasteiger partial charge in [-0.2, -0.15) is 8.42 Å². The Labute approximate surface area is 178 Å². The van der Waals surface area contributed by atoms with Crippen LogP contribution in [0.25, 0.3) is 0 Å². The number of aryl methyl sites for hydroxylation is 2. The molecular formula is C19H22O6S4. The van der Waals surface area contributed by atoms with E-state index < -0.39 is 42.2 Å². The topological polar surface area (TPSA) is 101 Å². The largest absolute Gasteiger partial charge is 0.605 e. The van der Waals surface area contributed by atoms with Crippen LogP contribution in [-0.2, 0) is 34.3 Å². The molecule has 1 heterocycles. The molecule has 3 atom stereocenters. The van der Waals surface area contributed by atoms with Gasteiger partial charge in [0.25, 0.3) is 10.1 Å². The summed E-state index contributed by atoms with van der Waals surface area (Å²) in [7, 11) is -7.94. The fourth-order valence-corrected chi connectivity index (χ4v) is 8.94. The van der Waals surface area contributed by atoms with E-state index in [2.05, 4.69) is 0 Å². The van der Waals surface area contributed by atoms with Gasteiger partial charge in [0, 0.05) is 21.9 Å². The van der Waals surface area contributed by atoms with E-state index in [4.69, 9.17) is 4.18 Å². The predicted molar refractivity (Wildman–Crippen MR) is 115 cm³/mol. The molecule has 0 amide bonds. The minimum atomic E-state index is -4.10. The SMILES string of the molecule is Cc1ccc(S(=O)(=O)CC2CS[S+]([O-])CC2OS(=O)(=O)c2ccc(C)cc2)cc1. The lowest BCUT2D eigenvalue weighted by Gasteiger charge is -2.30. The van der Waals surface area contributed by atoms with Crippen molar-refractivity contribution in [2.24, 2.45) is 5.92 Å². The van der Waals surface area contributed by atoms with E-state index in [0.717, 1.165) is 21.9 Å². The molecule has 3 rings (SSSR count). The van der Waals surface area contributed by atoms with Crippen LogP contribution in [0.3, 0.4) is 0 Å². The Morgan fingerprint density at radius 1 is 0.966 bits per heavy atom. The lowest BCUT2D eigenvalue weighted by Crippen LogP contribution is -2.41. The molecule has 10 heteroatoms. The molecule has 0 aliphatic carbocycles. The molecule has 158 valence electrons. The van der Waals surface area contributed by atoms with Crippen LogP contribution in [0, 0.1) is 19.8 Å². The molecule has 29 heavy (non-hydrogen) atoms. The highest BCUT2D eigenvalue weighted by molar-refractivity contribution is 8.72. The third-order valence-corrected chi connectivity index (χ3v) is 10.9. The monoisotopic (exact) mass is 474 g/mol. The zero-order valence-electron chi connectivity index (χ0n) is 16.0. The lowest BCUT2D eigenvalue weighted by atomic mass is 10.1. The third kappa shape index (κ3) is 5.77. The fourth-order valence-electron chi connectivity index (χ4n) is 2.90. The first-order valence-corrected chi connectivity index (χ1v) is 14.8. The molecule has 1 aliphatic heterocycles. The van der Waals surface area contributed by atoms with Crippen LogP contribution in [0.2, 0.25) is 0 Å². The molecule has 1 aliphatic rings. The molecule has 6 nitrogen and oxygen atoms in total. The molecular weight excluding hydrogens is 452 g/mol. The number of sulfone groups is 1. The summed E-state index contributed by atoms with van der Waals surface area (Å²) in [6, 6.07) is 12.7. The minimum Gasteiger partial charge on any atom is -0.605 e. The zero-order chi connectivity index (χ0) is 21.2. The van der Waals surface area contributed by atoms with Crippen LogP contribution in [0.5, 0.6) is 0 Å². The Balaban J connectivity index is 1.82. The molecule has 0 radical (unpaired) electrons. The molecule has 2 aromatic carbocycles. The van der Waals surface area contributed by atoms with Gasteiger partial charge in [-0.3, -0.25) is 4.18 Å². The van der Waals surface area contributed by atoms with E-state index in [0.29, 0.717) is 0 Å². The van der Waals surface area contributed by atoms with E-state index >= 15 is 0 Å². The summed E-state index contributed by atoms with van der Waals surface area (Å²) in [5, 5.41) is 0. The highest BCUT2D eigenvalue weighted by atomic mass is 33.1. The van der Waals surface area contributed by atoms with Crippen molar-refractivity contribution in [3.63, 3.8) is 0 Å². The van der Waals surface area contributed by atoms with Gasteiger partial charge >= 0.3 is 0 Å². The molecule has 0 spiro atoms. The first-order valence-electron chi connectivity index (χ1n) is 8.88. The molecule has 0 saturated carbocycles. The molecule has 0 N–H and O–H groups in total. The van der Waals surface area contributed by atoms with Gasteiger partial charge in [0.15, 0.2) is 9.84 Å². The zero-order valence-corrected chi connectivity index (χ0v) is 19.2. The van der Waals surface area contributed by atoms with Crippen LogP contribution >= 0.6 is 10.8 Å². The van der Waals surface area contributed by atoms with Gasteiger partial charge in [-0.15, -0.1) is 0 Å². The van der Waals surface area contributed by atoms with Crippen molar-refractivity contribution >= 4 is 41.0 Å². The summed E-state index contributed by atoms with van der Waals surface area (Å²) < 4.78 is 68.4. The fraction of sp³-hybridized carbons (Fsp3) is 0.368. The number of hydrogen-bond acceptors (Lipinski definition) is 7. The highest BCUT2D eigenvalue weighted by Crippen LogP contribution is 2.33. The first kappa shape index (κ1) is 22.6. The Hall–Kier alpha value is -1.04. The van der Waals surface area contributed by atoms with Gasteiger partial charge in [0.1, 0.15) is 11.9 Å². The molecule has 3 unspecified atom stereocenters. The summed E-state index contributed by atoms with van der Waals surface area (Å²) in [6.45, 7) is 3.70. The molecule has 2 aromatic rings. The van der Waals surface area contributed by atoms with Gasteiger partial charge in [-0.25, -0.2) is 8.42 Å². The number of rotatable bonds is 6. The van der Waals surface area contributed by atoms with Crippen LogP contribution in [-0.4, -0.2) is 44.8 Å². The third-order valence-electron chi connectivity index (χ3n) is 4.61. The Morgan fingerprint density at radius 3 is 2.03 bits per heavy atom. The molecule has 0 bridgehead atoms. The maximum atomic E-state index is 12.8. The Kier molecular flexibility index (Phi) is 7.02. The molecule has 1 saturated heterocycles. The van der Waals surface area contributed by atoms with E-state index in [1.165, 1.54) is 24.3 Å². The number of hydrogen-bond donors (Lipinski definition) is 0. The van der Waals surface area contributed by atoms with Crippen LogP contribution in [0.1, 0.15) is 11.1 Å². The summed E-state index contributed by atoms with van der Waals surface area (Å²) in [5.74, 6) is -0.659. The van der Waals surface area contributed by atoms with Gasteiger partial charge in [0.05, 0.1) is 26.3 Å². The van der Waals surface area contributed by atoms with E-state index in [1.54, 1.807) is 24.3 Å². The molecule has 1 fully saturated rings. The second-order valence-electron chi connectivity index (χ2n) is 7.01. The lowest BCUT2D eigenvalue weighted by molar-refractivity contribution is 0.182. The van der Waals surface area contributed by atoms with E-state index in [-0.39, 0.29) is 27.0 Å². The smallest absolute Gasteiger partial charge is 0.297 e. The van der Waals surface area contributed by atoms with Crippen molar-refractivity contribution in [2.45, 2.75) is 29.7 Å². The van der Waals surface area contributed by atoms with E-state index in [1.807, 2.05) is 13.8 Å². The second kappa shape index (κ2) is 8.99. The normalized spacial score (nSPS) is 23.1. The van der Waals surface area contributed by atoms with Crippen LogP contribution in [0.15, 0.2) is 58.3 Å². The quantitative estimate of drug-likeness (QED) is 0.360. The van der Waals surface area contributed by atoms with Crippen LogP contribution < -0.4 is 0 Å². The average Bonchev–Trinajstić information content (AvgIpc) is 2.64. The van der Waals surface area contributed by atoms with Crippen molar-refractivity contribution in [3.8, 4) is 0 Å². The maximum Gasteiger partial charge on any atom is 0.297 e. The average molecular weight is 475 g/mol. The highest BCUT2D eigenvalue weighted by Gasteiger charge is 2.40. The van der Waals surface area contributed by atoms with Crippen molar-refractivity contribution in [1.29, 1.82) is 0 Å². The van der Waals surface area contributed by atoms with Crippen molar-refractivity contribution in [2.75, 3.05) is 17.3 Å². The summed E-state index contributed by atoms with van der Waals surface area (Å²) in [6.07, 6.45) is -0.969. The molecule has 0 aromatic heterocycles. The summed E-state index contributed by atoms with van der Waals surface area (Å²) in [4.78, 5) is 0.173. The van der Waals surface area contributed by atoms with Crippen LogP contribution in [0.4, 0.5) is 0 Å². The second-order valence-corrected chi connectivity index (χ2v) is 13.9. The summed E-state index contributed by atoms with van der Waals surface area (Å²) in [5.41, 5.74) is 1.85. The van der Waals surface area contributed by atoms with E-state index in [9.17, 15) is 21.4 Å². The standard InChI is InChI=1S/C19H22O6S4/c1-14-3-7-17(8-4-14)28(21,22)13-16-11-26-27(20)12-19(16)25-29(23,24)18-9-5-15(2)6-10-18/h3-10,16,19H,11-13H2,1-2H3.